The lowest BCUT2D eigenvalue weighted by atomic mass is 9.96. The van der Waals surface area contributed by atoms with Crippen LogP contribution in [0, 0.1) is 6.92 Å². The Morgan fingerprint density at radius 3 is 3.06 bits per heavy atom. The van der Waals surface area contributed by atoms with E-state index in [4.69, 9.17) is 4.74 Å². The van der Waals surface area contributed by atoms with Crippen LogP contribution in [0.3, 0.4) is 0 Å². The van der Waals surface area contributed by atoms with Gasteiger partial charge < -0.3 is 10.1 Å². The molecule has 1 spiro atoms. The molecule has 16 heavy (non-hydrogen) atoms. The molecule has 0 radical (unpaired) electrons. The van der Waals surface area contributed by atoms with Gasteiger partial charge in [0.05, 0.1) is 0 Å². The Kier molecular flexibility index (Phi) is 2.33. The molecule has 0 aromatic heterocycles. The van der Waals surface area contributed by atoms with Gasteiger partial charge in [0, 0.05) is 23.0 Å². The van der Waals surface area contributed by atoms with E-state index in [2.05, 4.69) is 52.5 Å². The molecule has 2 aliphatic rings. The van der Waals surface area contributed by atoms with Crippen LogP contribution in [0.25, 0.3) is 6.08 Å². The van der Waals surface area contributed by atoms with Gasteiger partial charge in [0.1, 0.15) is 11.4 Å². The zero-order valence-electron chi connectivity index (χ0n) is 9.22. The number of rotatable bonds is 0. The van der Waals surface area contributed by atoms with E-state index in [1.165, 1.54) is 11.1 Å². The summed E-state index contributed by atoms with van der Waals surface area (Å²) >= 11 is 3.51. The Morgan fingerprint density at radius 2 is 2.31 bits per heavy atom. The number of aryl methyl sites for hydroxylation is 1. The average Bonchev–Trinajstić information content (AvgIpc) is 2.68. The Balaban J connectivity index is 2.06. The summed E-state index contributed by atoms with van der Waals surface area (Å²) in [7, 11) is 0. The molecule has 1 saturated heterocycles. The lowest BCUT2D eigenvalue weighted by molar-refractivity contribution is 0.138. The maximum atomic E-state index is 6.20. The van der Waals surface area contributed by atoms with E-state index in [9.17, 15) is 0 Å². The third-order valence-electron chi connectivity index (χ3n) is 3.29. The maximum Gasteiger partial charge on any atom is 0.141 e. The average molecular weight is 280 g/mol. The fourth-order valence-corrected chi connectivity index (χ4v) is 3.01. The third kappa shape index (κ3) is 1.59. The molecular weight excluding hydrogens is 266 g/mol. The Morgan fingerprint density at radius 1 is 1.44 bits per heavy atom. The van der Waals surface area contributed by atoms with Crippen molar-refractivity contribution in [1.29, 1.82) is 0 Å². The molecule has 0 saturated carbocycles. The van der Waals surface area contributed by atoms with E-state index in [0.717, 1.165) is 29.7 Å². The van der Waals surface area contributed by atoms with E-state index >= 15 is 0 Å². The number of halogens is 1. The van der Waals surface area contributed by atoms with Crippen LogP contribution in [0.15, 0.2) is 22.7 Å². The van der Waals surface area contributed by atoms with Crippen molar-refractivity contribution in [1.82, 2.24) is 5.32 Å². The molecule has 0 bridgehead atoms. The molecule has 1 aromatic carbocycles. The topological polar surface area (TPSA) is 21.3 Å². The number of ether oxygens (including phenoxy) is 1. The highest BCUT2D eigenvalue weighted by Crippen LogP contribution is 2.38. The van der Waals surface area contributed by atoms with Crippen LogP contribution in [-0.2, 0) is 0 Å². The Bertz CT molecular complexity index is 461. The lowest BCUT2D eigenvalue weighted by Crippen LogP contribution is -2.37. The molecule has 3 rings (SSSR count). The number of hydrogen-bond acceptors (Lipinski definition) is 2. The van der Waals surface area contributed by atoms with Crippen molar-refractivity contribution in [3.05, 3.63) is 33.8 Å². The molecule has 0 aliphatic carbocycles. The van der Waals surface area contributed by atoms with Crippen LogP contribution in [0.4, 0.5) is 0 Å². The minimum absolute atomic E-state index is 0.106. The van der Waals surface area contributed by atoms with Crippen LogP contribution in [0.5, 0.6) is 5.75 Å². The smallest absolute Gasteiger partial charge is 0.141 e. The Labute approximate surface area is 104 Å². The molecule has 1 aromatic rings. The zero-order valence-corrected chi connectivity index (χ0v) is 10.8. The monoisotopic (exact) mass is 279 g/mol. The second-order valence-corrected chi connectivity index (χ2v) is 5.48. The molecule has 1 fully saturated rings. The van der Waals surface area contributed by atoms with Gasteiger partial charge in [-0.05, 0) is 37.2 Å². The summed E-state index contributed by atoms with van der Waals surface area (Å²) in [6.07, 6.45) is 5.43. The van der Waals surface area contributed by atoms with Crippen LogP contribution in [0.2, 0.25) is 0 Å². The summed E-state index contributed by atoms with van der Waals surface area (Å²) < 4.78 is 7.30. The van der Waals surface area contributed by atoms with Gasteiger partial charge in [-0.15, -0.1) is 0 Å². The van der Waals surface area contributed by atoms with Crippen molar-refractivity contribution < 1.29 is 4.74 Å². The van der Waals surface area contributed by atoms with Crippen molar-refractivity contribution in [2.45, 2.75) is 18.9 Å². The highest BCUT2D eigenvalue weighted by Gasteiger charge is 2.36. The van der Waals surface area contributed by atoms with Crippen molar-refractivity contribution in [2.75, 3.05) is 13.1 Å². The SMILES string of the molecule is Cc1cc(Br)cc2c1OC1(C=C2)CCNC1. The molecular formula is C13H14BrNO. The summed E-state index contributed by atoms with van der Waals surface area (Å²) in [6.45, 7) is 4.05. The zero-order chi connectivity index (χ0) is 11.2. The first-order valence-electron chi connectivity index (χ1n) is 5.58. The van der Waals surface area contributed by atoms with Crippen molar-refractivity contribution >= 4 is 22.0 Å². The van der Waals surface area contributed by atoms with Crippen LogP contribution in [-0.4, -0.2) is 18.7 Å². The summed E-state index contributed by atoms with van der Waals surface area (Å²) in [5.41, 5.74) is 2.26. The highest BCUT2D eigenvalue weighted by molar-refractivity contribution is 9.10. The van der Waals surface area contributed by atoms with E-state index in [0.29, 0.717) is 0 Å². The van der Waals surface area contributed by atoms with Gasteiger partial charge in [0.25, 0.3) is 0 Å². The van der Waals surface area contributed by atoms with E-state index < -0.39 is 0 Å². The molecule has 1 N–H and O–H groups in total. The number of nitrogens with one attached hydrogen (secondary N) is 1. The predicted molar refractivity (Wildman–Crippen MR) is 68.8 cm³/mol. The molecule has 2 heterocycles. The third-order valence-corrected chi connectivity index (χ3v) is 3.75. The highest BCUT2D eigenvalue weighted by atomic mass is 79.9. The molecule has 0 amide bonds. The summed E-state index contributed by atoms with van der Waals surface area (Å²) in [5, 5.41) is 3.36. The van der Waals surface area contributed by atoms with Gasteiger partial charge in [-0.2, -0.15) is 0 Å². The molecule has 3 heteroatoms. The largest absolute Gasteiger partial charge is 0.481 e. The number of benzene rings is 1. The maximum absolute atomic E-state index is 6.20. The Hall–Kier alpha value is -0.800. The fraction of sp³-hybridized carbons (Fsp3) is 0.385. The minimum Gasteiger partial charge on any atom is -0.481 e. The second-order valence-electron chi connectivity index (χ2n) is 4.57. The van der Waals surface area contributed by atoms with Gasteiger partial charge in [-0.3, -0.25) is 0 Å². The van der Waals surface area contributed by atoms with E-state index in [1.54, 1.807) is 0 Å². The van der Waals surface area contributed by atoms with Gasteiger partial charge in [0.15, 0.2) is 0 Å². The van der Waals surface area contributed by atoms with Crippen molar-refractivity contribution in [2.24, 2.45) is 0 Å². The number of fused-ring (bicyclic) bond motifs is 1. The molecule has 2 aliphatic heterocycles. The van der Waals surface area contributed by atoms with Crippen LogP contribution < -0.4 is 10.1 Å². The molecule has 84 valence electrons. The first-order chi connectivity index (χ1) is 7.69. The second kappa shape index (κ2) is 3.60. The lowest BCUT2D eigenvalue weighted by Gasteiger charge is -2.31. The van der Waals surface area contributed by atoms with Crippen LogP contribution >= 0.6 is 15.9 Å². The van der Waals surface area contributed by atoms with E-state index in [1.807, 2.05) is 0 Å². The van der Waals surface area contributed by atoms with Gasteiger partial charge >= 0.3 is 0 Å². The molecule has 2 nitrogen and oxygen atoms in total. The minimum atomic E-state index is -0.106. The summed E-state index contributed by atoms with van der Waals surface area (Å²) in [6, 6.07) is 4.21. The van der Waals surface area contributed by atoms with Gasteiger partial charge in [0.2, 0.25) is 0 Å². The quantitative estimate of drug-likeness (QED) is 0.789. The standard InChI is InChI=1S/C13H14BrNO/c1-9-6-11(14)7-10-2-3-13(16-12(9)10)4-5-15-8-13/h2-3,6-7,15H,4-5,8H2,1H3. The van der Waals surface area contributed by atoms with Crippen molar-refractivity contribution in [3.63, 3.8) is 0 Å². The summed E-state index contributed by atoms with van der Waals surface area (Å²) in [4.78, 5) is 0. The normalized spacial score (nSPS) is 26.9. The first kappa shape index (κ1) is 10.4. The predicted octanol–water partition coefficient (Wildman–Crippen LogP) is 2.90. The first-order valence-corrected chi connectivity index (χ1v) is 6.37. The number of hydrogen-bond donors (Lipinski definition) is 1. The summed E-state index contributed by atoms with van der Waals surface area (Å²) in [5.74, 6) is 1.04. The molecule has 1 atom stereocenters. The van der Waals surface area contributed by atoms with Gasteiger partial charge in [-0.25, -0.2) is 0 Å². The van der Waals surface area contributed by atoms with E-state index in [-0.39, 0.29) is 5.60 Å². The van der Waals surface area contributed by atoms with Gasteiger partial charge in [-0.1, -0.05) is 22.0 Å². The van der Waals surface area contributed by atoms with Crippen molar-refractivity contribution in [3.8, 4) is 5.75 Å². The molecule has 1 unspecified atom stereocenters. The van der Waals surface area contributed by atoms with Crippen LogP contribution in [0.1, 0.15) is 17.5 Å². The fourth-order valence-electron chi connectivity index (χ4n) is 2.42.